The number of aliphatic hydroxyl groups is 1. The van der Waals surface area contributed by atoms with Crippen LogP contribution in [0.3, 0.4) is 0 Å². The second kappa shape index (κ2) is 5.72. The quantitative estimate of drug-likeness (QED) is 0.672. The van der Waals surface area contributed by atoms with E-state index in [2.05, 4.69) is 0 Å². The monoisotopic (exact) mass is 312 g/mol. The van der Waals surface area contributed by atoms with Crippen molar-refractivity contribution in [1.29, 1.82) is 0 Å². The first-order valence-corrected chi connectivity index (χ1v) is 7.71. The maximum atomic E-state index is 11.7. The fourth-order valence-corrected chi connectivity index (χ4v) is 3.19. The SMILES string of the molecule is COC(=O)c1cc(B2OC(C)(C)C(C)(C)O2)c(CCO)s1. The lowest BCUT2D eigenvalue weighted by Crippen LogP contribution is -2.41. The van der Waals surface area contributed by atoms with Gasteiger partial charge in [-0.1, -0.05) is 0 Å². The zero-order valence-electron chi connectivity index (χ0n) is 13.1. The van der Waals surface area contributed by atoms with Crippen molar-refractivity contribution < 1.29 is 23.9 Å². The van der Waals surface area contributed by atoms with E-state index in [0.29, 0.717) is 11.3 Å². The van der Waals surface area contributed by atoms with Gasteiger partial charge in [-0.3, -0.25) is 0 Å². The lowest BCUT2D eigenvalue weighted by molar-refractivity contribution is 0.00578. The number of esters is 1. The summed E-state index contributed by atoms with van der Waals surface area (Å²) in [6.07, 6.45) is 0.459. The summed E-state index contributed by atoms with van der Waals surface area (Å²) in [6, 6.07) is 1.74. The molecule has 0 unspecified atom stereocenters. The summed E-state index contributed by atoms with van der Waals surface area (Å²) in [4.78, 5) is 13.1. The van der Waals surface area contributed by atoms with Gasteiger partial charge in [0.15, 0.2) is 0 Å². The normalized spacial score (nSPS) is 19.8. The minimum atomic E-state index is -0.536. The van der Waals surface area contributed by atoms with Crippen molar-refractivity contribution in [3.05, 3.63) is 15.8 Å². The summed E-state index contributed by atoms with van der Waals surface area (Å²) >= 11 is 1.31. The van der Waals surface area contributed by atoms with Crippen LogP contribution in [0.15, 0.2) is 6.07 Å². The molecule has 0 radical (unpaired) electrons. The molecule has 0 bridgehead atoms. The first-order valence-electron chi connectivity index (χ1n) is 6.89. The topological polar surface area (TPSA) is 65.0 Å². The lowest BCUT2D eigenvalue weighted by atomic mass is 9.78. The molecule has 0 spiro atoms. The third-order valence-electron chi connectivity index (χ3n) is 4.07. The van der Waals surface area contributed by atoms with E-state index in [4.69, 9.17) is 14.0 Å². The minimum Gasteiger partial charge on any atom is -0.465 e. The zero-order valence-corrected chi connectivity index (χ0v) is 13.9. The molecule has 1 aromatic rings. The van der Waals surface area contributed by atoms with Crippen molar-refractivity contribution in [1.82, 2.24) is 0 Å². The van der Waals surface area contributed by atoms with Crippen LogP contribution in [0.25, 0.3) is 0 Å². The molecule has 0 saturated carbocycles. The van der Waals surface area contributed by atoms with E-state index in [0.717, 1.165) is 10.3 Å². The number of carbonyl (C=O) groups is 1. The number of hydrogen-bond acceptors (Lipinski definition) is 6. The maximum absolute atomic E-state index is 11.7. The number of ether oxygens (including phenoxy) is 1. The second-order valence-electron chi connectivity index (χ2n) is 6.04. The highest BCUT2D eigenvalue weighted by Gasteiger charge is 2.52. The number of rotatable bonds is 4. The van der Waals surface area contributed by atoms with Gasteiger partial charge < -0.3 is 19.2 Å². The molecule has 116 valence electrons. The Bertz CT molecular complexity index is 521. The minimum absolute atomic E-state index is 0.00757. The lowest BCUT2D eigenvalue weighted by Gasteiger charge is -2.32. The standard InChI is InChI=1S/C14H21BO5S/c1-13(2)14(3,4)20-15(19-13)9-8-11(12(17)18-5)21-10(9)6-7-16/h8,16H,6-7H2,1-5H3. The van der Waals surface area contributed by atoms with Crippen LogP contribution in [0, 0.1) is 0 Å². The average molecular weight is 312 g/mol. The van der Waals surface area contributed by atoms with Gasteiger partial charge in [-0.25, -0.2) is 4.79 Å². The number of aliphatic hydroxyl groups excluding tert-OH is 1. The smallest absolute Gasteiger partial charge is 0.465 e. The van der Waals surface area contributed by atoms with Crippen molar-refractivity contribution >= 4 is 29.9 Å². The van der Waals surface area contributed by atoms with Crippen molar-refractivity contribution in [3.63, 3.8) is 0 Å². The van der Waals surface area contributed by atoms with Crippen molar-refractivity contribution in [2.75, 3.05) is 13.7 Å². The van der Waals surface area contributed by atoms with Crippen LogP contribution in [0.2, 0.25) is 0 Å². The van der Waals surface area contributed by atoms with Gasteiger partial charge >= 0.3 is 13.1 Å². The molecule has 1 aliphatic rings. The molecule has 0 aliphatic carbocycles. The Morgan fingerprint density at radius 3 is 2.38 bits per heavy atom. The number of carbonyl (C=O) groups excluding carboxylic acids is 1. The molecule has 7 heteroatoms. The molecule has 1 fully saturated rings. The molecular formula is C14H21BO5S. The van der Waals surface area contributed by atoms with Gasteiger partial charge in [0, 0.05) is 17.9 Å². The highest BCUT2D eigenvalue weighted by atomic mass is 32.1. The van der Waals surface area contributed by atoms with E-state index in [1.54, 1.807) is 6.07 Å². The van der Waals surface area contributed by atoms with Crippen LogP contribution in [0.1, 0.15) is 42.2 Å². The molecule has 0 amide bonds. The first kappa shape index (κ1) is 16.5. The van der Waals surface area contributed by atoms with E-state index in [1.807, 2.05) is 27.7 Å². The highest BCUT2D eigenvalue weighted by Crippen LogP contribution is 2.37. The van der Waals surface area contributed by atoms with Gasteiger partial charge in [0.2, 0.25) is 0 Å². The Balaban J connectivity index is 2.35. The Morgan fingerprint density at radius 1 is 1.33 bits per heavy atom. The molecule has 2 rings (SSSR count). The van der Waals surface area contributed by atoms with Crippen LogP contribution < -0.4 is 5.46 Å². The molecular weight excluding hydrogens is 291 g/mol. The summed E-state index contributed by atoms with van der Waals surface area (Å²) in [7, 11) is 0.814. The predicted octanol–water partition coefficient (Wildman–Crippen LogP) is 1.37. The van der Waals surface area contributed by atoms with Gasteiger partial charge in [0.1, 0.15) is 4.88 Å². The fourth-order valence-electron chi connectivity index (χ4n) is 2.11. The van der Waals surface area contributed by atoms with Crippen LogP contribution >= 0.6 is 11.3 Å². The van der Waals surface area contributed by atoms with Crippen LogP contribution in [0.5, 0.6) is 0 Å². The fraction of sp³-hybridized carbons (Fsp3) is 0.643. The molecule has 2 heterocycles. The average Bonchev–Trinajstić information content (AvgIpc) is 2.89. The largest absolute Gasteiger partial charge is 0.496 e. The van der Waals surface area contributed by atoms with Crippen LogP contribution in [-0.2, 0) is 20.5 Å². The first-order chi connectivity index (χ1) is 9.71. The van der Waals surface area contributed by atoms with Gasteiger partial charge in [-0.2, -0.15) is 0 Å². The van der Waals surface area contributed by atoms with Gasteiger partial charge in [-0.15, -0.1) is 11.3 Å². The van der Waals surface area contributed by atoms with Crippen molar-refractivity contribution in [3.8, 4) is 0 Å². The number of hydrogen-bond donors (Lipinski definition) is 1. The highest BCUT2D eigenvalue weighted by molar-refractivity contribution is 7.15. The molecule has 1 aliphatic heterocycles. The van der Waals surface area contributed by atoms with E-state index in [9.17, 15) is 9.90 Å². The van der Waals surface area contributed by atoms with E-state index >= 15 is 0 Å². The Morgan fingerprint density at radius 2 is 1.90 bits per heavy atom. The van der Waals surface area contributed by atoms with Gasteiger partial charge in [0.05, 0.1) is 18.3 Å². The summed E-state index contributed by atoms with van der Waals surface area (Å²) < 4.78 is 16.8. The summed E-state index contributed by atoms with van der Waals surface area (Å²) in [5.74, 6) is -0.387. The summed E-state index contributed by atoms with van der Waals surface area (Å²) in [5, 5.41) is 9.21. The molecule has 0 atom stereocenters. The predicted molar refractivity (Wildman–Crippen MR) is 82.2 cm³/mol. The molecule has 0 aromatic carbocycles. The summed E-state index contributed by atoms with van der Waals surface area (Å²) in [6.45, 7) is 7.92. The molecule has 1 N–H and O–H groups in total. The zero-order chi connectivity index (χ0) is 15.8. The van der Waals surface area contributed by atoms with E-state index < -0.39 is 18.3 Å². The third-order valence-corrected chi connectivity index (χ3v) is 5.27. The second-order valence-corrected chi connectivity index (χ2v) is 7.18. The Labute approximate surface area is 129 Å². The van der Waals surface area contributed by atoms with Gasteiger partial charge in [0.25, 0.3) is 0 Å². The Hall–Kier alpha value is -0.885. The third kappa shape index (κ3) is 3.01. The van der Waals surface area contributed by atoms with Crippen LogP contribution in [-0.4, -0.2) is 43.1 Å². The van der Waals surface area contributed by atoms with Crippen molar-refractivity contribution in [2.45, 2.75) is 45.3 Å². The summed E-state index contributed by atoms with van der Waals surface area (Å²) in [5.41, 5.74) is -0.0867. The van der Waals surface area contributed by atoms with E-state index in [1.165, 1.54) is 18.4 Å². The number of methoxy groups -OCH3 is 1. The molecule has 1 saturated heterocycles. The molecule has 5 nitrogen and oxygen atoms in total. The number of thiophene rings is 1. The van der Waals surface area contributed by atoms with Crippen LogP contribution in [0.4, 0.5) is 0 Å². The maximum Gasteiger partial charge on any atom is 0.496 e. The van der Waals surface area contributed by atoms with E-state index in [-0.39, 0.29) is 12.6 Å². The Kier molecular flexibility index (Phi) is 4.49. The molecule has 21 heavy (non-hydrogen) atoms. The molecule has 1 aromatic heterocycles. The van der Waals surface area contributed by atoms with Crippen molar-refractivity contribution in [2.24, 2.45) is 0 Å². The van der Waals surface area contributed by atoms with Gasteiger partial charge in [-0.05, 0) is 39.2 Å².